The fourth-order valence-electron chi connectivity index (χ4n) is 2.67. The maximum Gasteiger partial charge on any atom is 0.425 e. The maximum absolute atomic E-state index is 12.6. The fourth-order valence-corrected chi connectivity index (χ4v) is 2.67. The first-order valence-corrected chi connectivity index (χ1v) is 9.51. The Morgan fingerprint density at radius 2 is 1.73 bits per heavy atom. The number of amides is 2. The number of imide groups is 1. The Morgan fingerprint density at radius 1 is 1.20 bits per heavy atom. The second kappa shape index (κ2) is 8.70. The number of carbonyl (C=O) groups is 2. The average molecular weight is 427 g/mol. The summed E-state index contributed by atoms with van der Waals surface area (Å²) in [7, 11) is 0. The van der Waals surface area contributed by atoms with Crippen LogP contribution in [-0.2, 0) is 14.2 Å². The third-order valence-corrected chi connectivity index (χ3v) is 3.89. The molecule has 3 atom stereocenters. The first kappa shape index (κ1) is 23.8. The van der Waals surface area contributed by atoms with Crippen LogP contribution in [0.3, 0.4) is 0 Å². The number of hydrogen-bond donors (Lipinski definition) is 2. The molecule has 0 spiro atoms. The molecule has 2 heterocycles. The third-order valence-electron chi connectivity index (χ3n) is 3.89. The minimum absolute atomic E-state index is 0.0774. The van der Waals surface area contributed by atoms with Crippen LogP contribution < -0.4 is 10.6 Å². The molecular weight excluding hydrogens is 398 g/mol. The van der Waals surface area contributed by atoms with Gasteiger partial charge in [0.1, 0.15) is 23.5 Å². The molecule has 1 saturated heterocycles. The number of aromatic nitrogens is 2. The van der Waals surface area contributed by atoms with Crippen molar-refractivity contribution in [2.24, 2.45) is 0 Å². The standard InChI is InChI=1S/C19H29N3O8/c1-18(2,3)29-16(26)22(17(27)30-19(4,5)6)13-7-8-21(15(25)20-13)14-9-11(24)12(10-23)28-14/h7-8,11-12,14,23-24H,9-10H2,1-6H3/t11-,12+,14+/m0/s1. The van der Waals surface area contributed by atoms with E-state index in [4.69, 9.17) is 14.2 Å². The lowest BCUT2D eigenvalue weighted by Crippen LogP contribution is -2.45. The van der Waals surface area contributed by atoms with Crippen LogP contribution in [0.4, 0.5) is 15.4 Å². The summed E-state index contributed by atoms with van der Waals surface area (Å²) >= 11 is 0. The molecule has 0 saturated carbocycles. The number of hydrogen-bond acceptors (Lipinski definition) is 9. The number of anilines is 1. The highest BCUT2D eigenvalue weighted by atomic mass is 16.6. The van der Waals surface area contributed by atoms with E-state index in [0.29, 0.717) is 4.90 Å². The molecule has 0 radical (unpaired) electrons. The zero-order valence-electron chi connectivity index (χ0n) is 18.0. The van der Waals surface area contributed by atoms with Crippen LogP contribution in [0.25, 0.3) is 0 Å². The Labute approximate surface area is 174 Å². The van der Waals surface area contributed by atoms with Gasteiger partial charge in [-0.1, -0.05) is 0 Å². The van der Waals surface area contributed by atoms with Gasteiger partial charge in [0.05, 0.1) is 12.7 Å². The van der Waals surface area contributed by atoms with E-state index in [0.717, 1.165) is 4.57 Å². The Balaban J connectivity index is 2.36. The molecule has 0 aromatic carbocycles. The normalized spacial score (nSPS) is 21.9. The van der Waals surface area contributed by atoms with Gasteiger partial charge >= 0.3 is 17.9 Å². The minimum Gasteiger partial charge on any atom is -0.443 e. The van der Waals surface area contributed by atoms with Crippen molar-refractivity contribution in [2.45, 2.75) is 77.6 Å². The van der Waals surface area contributed by atoms with Crippen LogP contribution in [-0.4, -0.2) is 62.0 Å². The van der Waals surface area contributed by atoms with E-state index in [1.165, 1.54) is 12.3 Å². The van der Waals surface area contributed by atoms with Crippen LogP contribution in [0, 0.1) is 0 Å². The lowest BCUT2D eigenvalue weighted by atomic mass is 10.2. The van der Waals surface area contributed by atoms with E-state index in [9.17, 15) is 24.6 Å². The number of rotatable bonds is 3. The van der Waals surface area contributed by atoms with Crippen molar-refractivity contribution in [3.8, 4) is 0 Å². The second-order valence-electron chi connectivity index (χ2n) is 8.89. The zero-order chi connectivity index (χ0) is 22.9. The first-order chi connectivity index (χ1) is 13.7. The Kier molecular flexibility index (Phi) is 6.90. The van der Waals surface area contributed by atoms with Crippen molar-refractivity contribution < 1.29 is 34.0 Å². The SMILES string of the molecule is CC(C)(C)OC(=O)N(C(=O)OC(C)(C)C)c1ccn([C@H]2C[C@H](O)[C@@H](CO)O2)c(=O)n1. The summed E-state index contributed by atoms with van der Waals surface area (Å²) in [6.45, 7) is 9.37. The van der Waals surface area contributed by atoms with Crippen LogP contribution >= 0.6 is 0 Å². The van der Waals surface area contributed by atoms with E-state index in [-0.39, 0.29) is 12.2 Å². The molecule has 0 unspecified atom stereocenters. The monoisotopic (exact) mass is 427 g/mol. The number of nitrogens with zero attached hydrogens (tertiary/aromatic N) is 3. The molecule has 0 aliphatic carbocycles. The summed E-state index contributed by atoms with van der Waals surface area (Å²) in [6, 6.07) is 1.26. The van der Waals surface area contributed by atoms with Gasteiger partial charge in [0.15, 0.2) is 5.82 Å². The van der Waals surface area contributed by atoms with Crippen LogP contribution in [0.5, 0.6) is 0 Å². The molecular formula is C19H29N3O8. The topological polar surface area (TPSA) is 140 Å². The Hall–Kier alpha value is -2.50. The summed E-state index contributed by atoms with van der Waals surface area (Å²) in [5.74, 6) is -0.281. The molecule has 1 aromatic heterocycles. The van der Waals surface area contributed by atoms with Gasteiger partial charge in [-0.15, -0.1) is 0 Å². The van der Waals surface area contributed by atoms with Gasteiger partial charge in [0, 0.05) is 12.6 Å². The Bertz CT molecular complexity index is 811. The number of aliphatic hydroxyl groups excluding tert-OH is 2. The highest BCUT2D eigenvalue weighted by molar-refractivity contribution is 6.08. The predicted octanol–water partition coefficient (Wildman–Crippen LogP) is 1.56. The third kappa shape index (κ3) is 6.00. The largest absolute Gasteiger partial charge is 0.443 e. The van der Waals surface area contributed by atoms with Crippen LogP contribution in [0.15, 0.2) is 17.1 Å². The lowest BCUT2D eigenvalue weighted by molar-refractivity contribution is -0.0458. The van der Waals surface area contributed by atoms with E-state index in [1.807, 2.05) is 0 Å². The van der Waals surface area contributed by atoms with Gasteiger partial charge in [-0.3, -0.25) is 4.57 Å². The quantitative estimate of drug-likeness (QED) is 0.735. The molecule has 11 nitrogen and oxygen atoms in total. The van der Waals surface area contributed by atoms with Gasteiger partial charge in [0.2, 0.25) is 0 Å². The molecule has 1 aliphatic heterocycles. The second-order valence-corrected chi connectivity index (χ2v) is 8.89. The smallest absolute Gasteiger partial charge is 0.425 e. The molecule has 168 valence electrons. The summed E-state index contributed by atoms with van der Waals surface area (Å²) in [5.41, 5.74) is -2.63. The molecule has 1 aliphatic rings. The average Bonchev–Trinajstić information content (AvgIpc) is 2.92. The molecule has 1 fully saturated rings. The van der Waals surface area contributed by atoms with Crippen molar-refractivity contribution in [2.75, 3.05) is 11.5 Å². The predicted molar refractivity (Wildman–Crippen MR) is 105 cm³/mol. The van der Waals surface area contributed by atoms with Gasteiger partial charge in [-0.05, 0) is 47.6 Å². The first-order valence-electron chi connectivity index (χ1n) is 9.51. The zero-order valence-corrected chi connectivity index (χ0v) is 18.0. The number of carbonyl (C=O) groups excluding carboxylic acids is 2. The van der Waals surface area contributed by atoms with Crippen molar-refractivity contribution in [1.29, 1.82) is 0 Å². The molecule has 1 aromatic rings. The molecule has 30 heavy (non-hydrogen) atoms. The molecule has 2 amide bonds. The van der Waals surface area contributed by atoms with Crippen molar-refractivity contribution in [3.63, 3.8) is 0 Å². The minimum atomic E-state index is -1.05. The van der Waals surface area contributed by atoms with Gasteiger partial charge in [0.25, 0.3) is 0 Å². The molecule has 2 N–H and O–H groups in total. The van der Waals surface area contributed by atoms with Crippen LogP contribution in [0.1, 0.15) is 54.2 Å². The van der Waals surface area contributed by atoms with Crippen molar-refractivity contribution in [1.82, 2.24) is 9.55 Å². The molecule has 0 bridgehead atoms. The van der Waals surface area contributed by atoms with E-state index in [2.05, 4.69) is 4.98 Å². The highest BCUT2D eigenvalue weighted by Gasteiger charge is 2.37. The van der Waals surface area contributed by atoms with Gasteiger partial charge in [-0.2, -0.15) is 9.88 Å². The molecule has 2 rings (SSSR count). The highest BCUT2D eigenvalue weighted by Crippen LogP contribution is 2.28. The van der Waals surface area contributed by atoms with Gasteiger partial charge < -0.3 is 24.4 Å². The summed E-state index contributed by atoms with van der Waals surface area (Å²) < 4.78 is 17.1. The number of aliphatic hydroxyl groups is 2. The number of ether oxygens (including phenoxy) is 3. The van der Waals surface area contributed by atoms with E-state index in [1.54, 1.807) is 41.5 Å². The summed E-state index contributed by atoms with van der Waals surface area (Å²) in [6.07, 6.45) is -3.34. The summed E-state index contributed by atoms with van der Waals surface area (Å²) in [4.78, 5) is 42.2. The Morgan fingerprint density at radius 3 is 2.13 bits per heavy atom. The maximum atomic E-state index is 12.6. The van der Waals surface area contributed by atoms with Crippen molar-refractivity contribution >= 4 is 18.0 Å². The van der Waals surface area contributed by atoms with E-state index >= 15 is 0 Å². The summed E-state index contributed by atoms with van der Waals surface area (Å²) in [5, 5.41) is 19.1. The van der Waals surface area contributed by atoms with Crippen LogP contribution in [0.2, 0.25) is 0 Å². The molecule has 11 heteroatoms. The van der Waals surface area contributed by atoms with Crippen molar-refractivity contribution in [3.05, 3.63) is 22.7 Å². The fraction of sp³-hybridized carbons (Fsp3) is 0.684. The van der Waals surface area contributed by atoms with E-state index < -0.39 is 54.1 Å². The van der Waals surface area contributed by atoms with Gasteiger partial charge in [-0.25, -0.2) is 14.4 Å². The lowest BCUT2D eigenvalue weighted by Gasteiger charge is -2.28.